The standard InChI is InChI=1S/C15H19NO/c1-11-4-5-12(2)15(8-11)10-16-7-6-14(9-16)13(3)17/h4-9,13,17H,10H2,1-3H3. The molecule has 0 fully saturated rings. The molecule has 0 saturated heterocycles. The van der Waals surface area contributed by atoms with Gasteiger partial charge in [-0.3, -0.25) is 0 Å². The van der Waals surface area contributed by atoms with Gasteiger partial charge in [-0.05, 0) is 43.5 Å². The Morgan fingerprint density at radius 1 is 1.24 bits per heavy atom. The molecular formula is C15H19NO. The molecule has 0 spiro atoms. The van der Waals surface area contributed by atoms with Crippen LogP contribution < -0.4 is 0 Å². The number of nitrogens with zero attached hydrogens (tertiary/aromatic N) is 1. The Bertz CT molecular complexity index is 511. The molecule has 0 radical (unpaired) electrons. The molecule has 0 aliphatic carbocycles. The van der Waals surface area contributed by atoms with Crippen LogP contribution in [0.25, 0.3) is 0 Å². The van der Waals surface area contributed by atoms with Gasteiger partial charge in [0.15, 0.2) is 0 Å². The van der Waals surface area contributed by atoms with E-state index in [0.717, 1.165) is 12.1 Å². The molecule has 17 heavy (non-hydrogen) atoms. The maximum absolute atomic E-state index is 9.49. The topological polar surface area (TPSA) is 25.2 Å². The fraction of sp³-hybridized carbons (Fsp3) is 0.333. The summed E-state index contributed by atoms with van der Waals surface area (Å²) in [6.45, 7) is 6.89. The molecule has 1 aromatic heterocycles. The van der Waals surface area contributed by atoms with Gasteiger partial charge < -0.3 is 9.67 Å². The van der Waals surface area contributed by atoms with Crippen LogP contribution >= 0.6 is 0 Å². The molecule has 1 N–H and O–H groups in total. The lowest BCUT2D eigenvalue weighted by molar-refractivity contribution is 0.199. The van der Waals surface area contributed by atoms with Crippen LogP contribution in [0.5, 0.6) is 0 Å². The summed E-state index contributed by atoms with van der Waals surface area (Å²) in [5, 5.41) is 9.49. The number of benzene rings is 1. The van der Waals surface area contributed by atoms with Crippen molar-refractivity contribution in [3.05, 3.63) is 58.9 Å². The Kier molecular flexibility index (Phi) is 3.34. The van der Waals surface area contributed by atoms with Crippen molar-refractivity contribution < 1.29 is 5.11 Å². The quantitative estimate of drug-likeness (QED) is 0.859. The summed E-state index contributed by atoms with van der Waals surface area (Å²) < 4.78 is 2.11. The normalized spacial score (nSPS) is 12.7. The molecule has 2 nitrogen and oxygen atoms in total. The van der Waals surface area contributed by atoms with Crippen molar-refractivity contribution in [2.75, 3.05) is 0 Å². The Hall–Kier alpha value is -1.54. The van der Waals surface area contributed by atoms with Crippen LogP contribution in [0.3, 0.4) is 0 Å². The summed E-state index contributed by atoms with van der Waals surface area (Å²) in [5.74, 6) is 0. The number of aliphatic hydroxyl groups is 1. The second kappa shape index (κ2) is 4.76. The highest BCUT2D eigenvalue weighted by Crippen LogP contribution is 2.16. The molecule has 1 aromatic carbocycles. The Balaban J connectivity index is 2.22. The third-order valence-corrected chi connectivity index (χ3v) is 3.11. The van der Waals surface area contributed by atoms with Crippen molar-refractivity contribution in [3.63, 3.8) is 0 Å². The Morgan fingerprint density at radius 3 is 2.65 bits per heavy atom. The van der Waals surface area contributed by atoms with Crippen molar-refractivity contribution >= 4 is 0 Å². The minimum absolute atomic E-state index is 0.394. The molecule has 0 saturated carbocycles. The van der Waals surface area contributed by atoms with E-state index >= 15 is 0 Å². The van der Waals surface area contributed by atoms with Gasteiger partial charge in [-0.1, -0.05) is 23.8 Å². The average molecular weight is 229 g/mol. The summed E-state index contributed by atoms with van der Waals surface area (Å²) in [5.41, 5.74) is 4.89. The molecule has 1 heterocycles. The van der Waals surface area contributed by atoms with Gasteiger partial charge in [0.25, 0.3) is 0 Å². The zero-order valence-corrected chi connectivity index (χ0v) is 10.6. The van der Waals surface area contributed by atoms with E-state index in [4.69, 9.17) is 0 Å². The van der Waals surface area contributed by atoms with E-state index in [0.29, 0.717) is 0 Å². The van der Waals surface area contributed by atoms with Gasteiger partial charge >= 0.3 is 0 Å². The summed E-state index contributed by atoms with van der Waals surface area (Å²) in [4.78, 5) is 0. The molecule has 0 aliphatic rings. The smallest absolute Gasteiger partial charge is 0.0776 e. The maximum Gasteiger partial charge on any atom is 0.0776 e. The van der Waals surface area contributed by atoms with Gasteiger partial charge in [0.2, 0.25) is 0 Å². The van der Waals surface area contributed by atoms with E-state index in [1.807, 2.05) is 18.5 Å². The van der Waals surface area contributed by atoms with Gasteiger partial charge in [0.1, 0.15) is 0 Å². The van der Waals surface area contributed by atoms with Gasteiger partial charge in [0, 0.05) is 18.9 Å². The molecule has 0 bridgehead atoms. The van der Waals surface area contributed by atoms with Crippen LogP contribution in [0, 0.1) is 13.8 Å². The van der Waals surface area contributed by atoms with Crippen molar-refractivity contribution in [1.29, 1.82) is 0 Å². The second-order valence-corrected chi connectivity index (χ2v) is 4.72. The van der Waals surface area contributed by atoms with Crippen molar-refractivity contribution in [2.24, 2.45) is 0 Å². The summed E-state index contributed by atoms with van der Waals surface area (Å²) in [6.07, 6.45) is 3.63. The molecule has 1 unspecified atom stereocenters. The molecule has 2 rings (SSSR count). The number of aromatic nitrogens is 1. The van der Waals surface area contributed by atoms with E-state index in [-0.39, 0.29) is 0 Å². The molecule has 90 valence electrons. The number of rotatable bonds is 3. The van der Waals surface area contributed by atoms with Crippen molar-refractivity contribution in [2.45, 2.75) is 33.4 Å². The SMILES string of the molecule is Cc1ccc(C)c(Cn2ccc(C(C)O)c2)c1. The molecule has 0 aliphatic heterocycles. The zero-order chi connectivity index (χ0) is 12.4. The predicted molar refractivity (Wildman–Crippen MR) is 70.1 cm³/mol. The predicted octanol–water partition coefficient (Wildman–Crippen LogP) is 3.21. The van der Waals surface area contributed by atoms with Crippen molar-refractivity contribution in [3.8, 4) is 0 Å². The third kappa shape index (κ3) is 2.77. The van der Waals surface area contributed by atoms with Gasteiger partial charge in [-0.25, -0.2) is 0 Å². The lowest BCUT2D eigenvalue weighted by Crippen LogP contribution is -1.99. The van der Waals surface area contributed by atoms with Crippen LogP contribution in [0.4, 0.5) is 0 Å². The van der Waals surface area contributed by atoms with E-state index in [2.05, 4.69) is 36.6 Å². The largest absolute Gasteiger partial charge is 0.389 e. The van der Waals surface area contributed by atoms with Gasteiger partial charge in [-0.15, -0.1) is 0 Å². The first-order chi connectivity index (χ1) is 8.06. The average Bonchev–Trinajstić information content (AvgIpc) is 2.72. The second-order valence-electron chi connectivity index (χ2n) is 4.72. The monoisotopic (exact) mass is 229 g/mol. The van der Waals surface area contributed by atoms with Crippen LogP contribution in [0.15, 0.2) is 36.7 Å². The number of hydrogen-bond acceptors (Lipinski definition) is 1. The van der Waals surface area contributed by atoms with Crippen molar-refractivity contribution in [1.82, 2.24) is 4.57 Å². The lowest BCUT2D eigenvalue weighted by atomic mass is 10.1. The summed E-state index contributed by atoms with van der Waals surface area (Å²) in [7, 11) is 0. The first-order valence-electron chi connectivity index (χ1n) is 5.96. The molecule has 1 atom stereocenters. The number of aliphatic hydroxyl groups excluding tert-OH is 1. The van der Waals surface area contributed by atoms with Crippen LogP contribution in [0.1, 0.15) is 35.3 Å². The Labute approximate surface area is 103 Å². The maximum atomic E-state index is 9.49. The fourth-order valence-corrected chi connectivity index (χ4v) is 1.97. The molecule has 2 heteroatoms. The molecular weight excluding hydrogens is 210 g/mol. The number of hydrogen-bond donors (Lipinski definition) is 1. The highest BCUT2D eigenvalue weighted by atomic mass is 16.3. The van der Waals surface area contributed by atoms with Crippen LogP contribution in [-0.4, -0.2) is 9.67 Å². The molecule has 0 amide bonds. The first kappa shape index (κ1) is 11.9. The first-order valence-corrected chi connectivity index (χ1v) is 5.96. The van der Waals surface area contributed by atoms with Crippen LogP contribution in [0.2, 0.25) is 0 Å². The van der Waals surface area contributed by atoms with E-state index < -0.39 is 6.10 Å². The van der Waals surface area contributed by atoms with Crippen LogP contribution in [-0.2, 0) is 6.54 Å². The third-order valence-electron chi connectivity index (χ3n) is 3.11. The summed E-state index contributed by atoms with van der Waals surface area (Å²) >= 11 is 0. The minimum Gasteiger partial charge on any atom is -0.389 e. The van der Waals surface area contributed by atoms with E-state index in [1.54, 1.807) is 6.92 Å². The number of aryl methyl sites for hydroxylation is 2. The highest BCUT2D eigenvalue weighted by Gasteiger charge is 2.04. The van der Waals surface area contributed by atoms with Gasteiger partial charge in [0.05, 0.1) is 6.10 Å². The zero-order valence-electron chi connectivity index (χ0n) is 10.6. The van der Waals surface area contributed by atoms with Gasteiger partial charge in [-0.2, -0.15) is 0 Å². The van der Waals surface area contributed by atoms with E-state index in [1.165, 1.54) is 16.7 Å². The lowest BCUT2D eigenvalue weighted by Gasteiger charge is -2.08. The Morgan fingerprint density at radius 2 is 2.00 bits per heavy atom. The highest BCUT2D eigenvalue weighted by molar-refractivity contribution is 5.31. The van der Waals surface area contributed by atoms with E-state index in [9.17, 15) is 5.11 Å². The minimum atomic E-state index is -0.394. The fourth-order valence-electron chi connectivity index (χ4n) is 1.97. The summed E-state index contributed by atoms with van der Waals surface area (Å²) in [6, 6.07) is 8.48. The molecule has 2 aromatic rings.